The first-order chi connectivity index (χ1) is 8.61. The molecule has 1 unspecified atom stereocenters. The number of nitrogens with one attached hydrogen (secondary N) is 1. The van der Waals surface area contributed by atoms with Gasteiger partial charge in [0, 0.05) is 17.0 Å². The van der Waals surface area contributed by atoms with Crippen LogP contribution in [0, 0.1) is 12.8 Å². The van der Waals surface area contributed by atoms with Crippen LogP contribution in [-0.2, 0) is 11.0 Å². The third kappa shape index (κ3) is 4.55. The van der Waals surface area contributed by atoms with Gasteiger partial charge in [0.1, 0.15) is 11.0 Å². The van der Waals surface area contributed by atoms with Crippen LogP contribution < -0.4 is 4.72 Å². The van der Waals surface area contributed by atoms with Gasteiger partial charge in [-0.3, -0.25) is 4.79 Å². The first-order valence-corrected chi connectivity index (χ1v) is 7.61. The largest absolute Gasteiger partial charge is 0.294 e. The van der Waals surface area contributed by atoms with Crippen molar-refractivity contribution in [3.8, 4) is 0 Å². The summed E-state index contributed by atoms with van der Waals surface area (Å²) in [4.78, 5) is 12.7. The summed E-state index contributed by atoms with van der Waals surface area (Å²) in [7, 11) is -1.30. The molecular weight excluding hydrogens is 258 g/mol. The number of benzene rings is 1. The molecular formula is C15H23NO2S. The molecule has 1 aromatic carbocycles. The lowest BCUT2D eigenvalue weighted by Crippen LogP contribution is -2.37. The molecule has 0 aliphatic carbocycles. The Kier molecular flexibility index (Phi) is 5.04. The molecule has 106 valence electrons. The molecule has 1 atom stereocenters. The average Bonchev–Trinajstić information content (AvgIpc) is 2.26. The van der Waals surface area contributed by atoms with Crippen molar-refractivity contribution in [3.63, 3.8) is 0 Å². The van der Waals surface area contributed by atoms with Crippen molar-refractivity contribution in [2.24, 2.45) is 5.92 Å². The highest BCUT2D eigenvalue weighted by Crippen LogP contribution is 2.18. The Bertz CT molecular complexity index is 501. The fraction of sp³-hybridized carbons (Fsp3) is 0.533. The number of ketones is 1. The number of carbonyl (C=O) groups is 1. The highest BCUT2D eigenvalue weighted by Gasteiger charge is 2.18. The van der Waals surface area contributed by atoms with Crippen LogP contribution in [0.25, 0.3) is 0 Å². The predicted molar refractivity (Wildman–Crippen MR) is 79.6 cm³/mol. The third-order valence-electron chi connectivity index (χ3n) is 2.61. The minimum atomic E-state index is -1.30. The summed E-state index contributed by atoms with van der Waals surface area (Å²) in [6, 6.07) is 5.40. The van der Waals surface area contributed by atoms with Crippen LogP contribution >= 0.6 is 0 Å². The van der Waals surface area contributed by atoms with Crippen molar-refractivity contribution < 1.29 is 9.00 Å². The molecule has 0 fully saturated rings. The van der Waals surface area contributed by atoms with Crippen LogP contribution in [0.4, 0.5) is 0 Å². The van der Waals surface area contributed by atoms with Crippen LogP contribution in [-0.4, -0.2) is 15.5 Å². The number of rotatable bonds is 4. The number of hydrogen-bond donors (Lipinski definition) is 1. The summed E-state index contributed by atoms with van der Waals surface area (Å²) in [5, 5.41) is 0. The number of hydrogen-bond acceptors (Lipinski definition) is 2. The molecule has 1 N–H and O–H groups in total. The fourth-order valence-electron chi connectivity index (χ4n) is 1.63. The van der Waals surface area contributed by atoms with Crippen molar-refractivity contribution in [2.45, 2.75) is 52.0 Å². The van der Waals surface area contributed by atoms with Crippen molar-refractivity contribution in [1.29, 1.82) is 0 Å². The molecule has 0 aromatic heterocycles. The smallest absolute Gasteiger partial charge is 0.165 e. The van der Waals surface area contributed by atoms with E-state index in [4.69, 9.17) is 0 Å². The molecule has 0 aliphatic heterocycles. The minimum absolute atomic E-state index is 0.0574. The highest BCUT2D eigenvalue weighted by molar-refractivity contribution is 7.83. The van der Waals surface area contributed by atoms with E-state index < -0.39 is 11.0 Å². The first-order valence-electron chi connectivity index (χ1n) is 6.46. The van der Waals surface area contributed by atoms with E-state index in [0.29, 0.717) is 10.5 Å². The van der Waals surface area contributed by atoms with E-state index in [-0.39, 0.29) is 17.2 Å². The average molecular weight is 281 g/mol. The van der Waals surface area contributed by atoms with Crippen molar-refractivity contribution in [1.82, 2.24) is 4.72 Å². The van der Waals surface area contributed by atoms with Crippen LogP contribution in [0.3, 0.4) is 0 Å². The lowest BCUT2D eigenvalue weighted by Gasteiger charge is -2.20. The van der Waals surface area contributed by atoms with E-state index >= 15 is 0 Å². The van der Waals surface area contributed by atoms with Crippen LogP contribution in [0.2, 0.25) is 0 Å². The number of Topliss-reactive ketones (excluding diaryl/α,β-unsaturated/α-hetero) is 1. The lowest BCUT2D eigenvalue weighted by atomic mass is 9.97. The molecule has 1 rings (SSSR count). The number of carbonyl (C=O) groups excluding carboxylic acids is 1. The lowest BCUT2D eigenvalue weighted by molar-refractivity contribution is 0.0938. The van der Waals surface area contributed by atoms with E-state index in [0.717, 1.165) is 5.56 Å². The van der Waals surface area contributed by atoms with Gasteiger partial charge in [0.05, 0.1) is 4.90 Å². The van der Waals surface area contributed by atoms with Gasteiger partial charge < -0.3 is 0 Å². The molecule has 0 amide bonds. The second-order valence-corrected chi connectivity index (χ2v) is 7.33. The molecule has 1 aromatic rings. The Balaban J connectivity index is 3.09. The summed E-state index contributed by atoms with van der Waals surface area (Å²) in [6.07, 6.45) is 0. The van der Waals surface area contributed by atoms with Gasteiger partial charge in [0.25, 0.3) is 0 Å². The number of aryl methyl sites for hydroxylation is 1. The summed E-state index contributed by atoms with van der Waals surface area (Å²) < 4.78 is 15.2. The molecule has 0 saturated carbocycles. The van der Waals surface area contributed by atoms with Gasteiger partial charge in [-0.25, -0.2) is 8.93 Å². The van der Waals surface area contributed by atoms with Gasteiger partial charge >= 0.3 is 0 Å². The summed E-state index contributed by atoms with van der Waals surface area (Å²) in [5.41, 5.74) is 1.35. The third-order valence-corrected chi connectivity index (χ3v) is 4.09. The Morgan fingerprint density at radius 3 is 2.32 bits per heavy atom. The normalized spacial score (nSPS) is 13.6. The molecule has 0 heterocycles. The Morgan fingerprint density at radius 2 is 1.84 bits per heavy atom. The standard InChI is InChI=1S/C15H23NO2S/c1-10(2)14(17)13-9-12(8-7-11(13)3)19(18)16-15(4,5)6/h7-10,16H,1-6H3. The maximum Gasteiger partial charge on any atom is 0.165 e. The molecule has 0 saturated heterocycles. The van der Waals surface area contributed by atoms with Crippen LogP contribution in [0.15, 0.2) is 23.1 Å². The molecule has 0 aliphatic rings. The summed E-state index contributed by atoms with van der Waals surface area (Å²) >= 11 is 0. The molecule has 3 nitrogen and oxygen atoms in total. The monoisotopic (exact) mass is 281 g/mol. The molecule has 19 heavy (non-hydrogen) atoms. The zero-order valence-electron chi connectivity index (χ0n) is 12.5. The van der Waals surface area contributed by atoms with E-state index in [1.807, 2.05) is 47.6 Å². The molecule has 4 heteroatoms. The minimum Gasteiger partial charge on any atom is -0.294 e. The van der Waals surface area contributed by atoms with Crippen LogP contribution in [0.5, 0.6) is 0 Å². The van der Waals surface area contributed by atoms with E-state index in [1.165, 1.54) is 0 Å². The molecule has 0 radical (unpaired) electrons. The zero-order valence-corrected chi connectivity index (χ0v) is 13.4. The summed E-state index contributed by atoms with van der Waals surface area (Å²) in [6.45, 7) is 11.5. The SMILES string of the molecule is Cc1ccc(S(=O)NC(C)(C)C)cc1C(=O)C(C)C. The maximum atomic E-state index is 12.2. The van der Waals surface area contributed by atoms with Crippen molar-refractivity contribution in [3.05, 3.63) is 29.3 Å². The van der Waals surface area contributed by atoms with E-state index in [2.05, 4.69) is 4.72 Å². The Hall–Kier alpha value is -1.00. The van der Waals surface area contributed by atoms with Gasteiger partial charge in [-0.1, -0.05) is 19.9 Å². The van der Waals surface area contributed by atoms with Gasteiger partial charge in [-0.2, -0.15) is 0 Å². The second-order valence-electron chi connectivity index (χ2n) is 6.12. The maximum absolute atomic E-state index is 12.2. The van der Waals surface area contributed by atoms with Gasteiger partial charge in [0.2, 0.25) is 0 Å². The van der Waals surface area contributed by atoms with Crippen molar-refractivity contribution in [2.75, 3.05) is 0 Å². The topological polar surface area (TPSA) is 46.2 Å². The van der Waals surface area contributed by atoms with E-state index in [9.17, 15) is 9.00 Å². The van der Waals surface area contributed by atoms with Crippen LogP contribution in [0.1, 0.15) is 50.5 Å². The quantitative estimate of drug-likeness (QED) is 0.861. The predicted octanol–water partition coefficient (Wildman–Crippen LogP) is 3.24. The fourth-order valence-corrected chi connectivity index (χ4v) is 2.72. The molecule has 0 spiro atoms. The molecule has 0 bridgehead atoms. The van der Waals surface area contributed by atoms with Gasteiger partial charge in [-0.15, -0.1) is 0 Å². The Labute approximate surface area is 118 Å². The zero-order chi connectivity index (χ0) is 14.8. The highest BCUT2D eigenvalue weighted by atomic mass is 32.2. The van der Waals surface area contributed by atoms with E-state index in [1.54, 1.807) is 12.1 Å². The second kappa shape index (κ2) is 5.97. The van der Waals surface area contributed by atoms with Gasteiger partial charge in [-0.05, 0) is 45.4 Å². The van der Waals surface area contributed by atoms with Crippen molar-refractivity contribution >= 4 is 16.8 Å². The van der Waals surface area contributed by atoms with Gasteiger partial charge in [0.15, 0.2) is 5.78 Å². The Morgan fingerprint density at radius 1 is 1.26 bits per heavy atom. The first kappa shape index (κ1) is 16.1. The summed E-state index contributed by atoms with van der Waals surface area (Å²) in [5.74, 6) is 0.0325.